The van der Waals surface area contributed by atoms with Gasteiger partial charge in [0.05, 0.1) is 0 Å². The molecule has 18 valence electrons. The molecule has 0 saturated carbocycles. The van der Waals surface area contributed by atoms with Gasteiger partial charge in [-0.05, 0) is 0 Å². The Bertz CT molecular complexity index is 29.5. The van der Waals surface area contributed by atoms with Gasteiger partial charge in [-0.2, -0.15) is 5.26 Å². The van der Waals surface area contributed by atoms with Crippen molar-refractivity contribution in [3.05, 3.63) is 0 Å². The third-order valence-electron chi connectivity index (χ3n) is 0. The van der Waals surface area contributed by atoms with E-state index in [0.717, 1.165) is 6.26 Å². The predicted molar refractivity (Wildman–Crippen MR) is 14.7 cm³/mol. The van der Waals surface area contributed by atoms with E-state index in [4.69, 9.17) is 10.4 Å². The molecule has 0 aromatic heterocycles. The van der Waals surface area contributed by atoms with Gasteiger partial charge in [0.25, 0.3) is 6.26 Å². The van der Waals surface area contributed by atoms with Gasteiger partial charge in [0.2, 0.25) is 0 Å². The molecule has 1 N–H and O–H groups in total. The molecule has 0 aromatic carbocycles. The summed E-state index contributed by atoms with van der Waals surface area (Å²) in [7, 11) is 0. The predicted octanol–water partition coefficient (Wildman–Crippen LogP) is -0.809. The zero-order valence-electron chi connectivity index (χ0n) is 1.39. The average molecular weight is 177 g/mol. The zero-order chi connectivity index (χ0) is 2.71. The summed E-state index contributed by atoms with van der Waals surface area (Å²) < 4.78 is 0. The van der Waals surface area contributed by atoms with Crippen molar-refractivity contribution in [3.8, 4) is 6.26 Å². The molecule has 3 heteroatoms. The van der Waals surface area contributed by atoms with Gasteiger partial charge in [-0.25, -0.2) is 0 Å². The van der Waals surface area contributed by atoms with Crippen molar-refractivity contribution in [2.75, 3.05) is 0 Å². The summed E-state index contributed by atoms with van der Waals surface area (Å²) in [5.41, 5.74) is 0. The number of nitrogens with zero attached hydrogens (tertiary/aromatic N) is 1. The van der Waals surface area contributed by atoms with Crippen molar-refractivity contribution >= 4 is 68.9 Å². The molecule has 0 amide bonds. The molecular formula is CH2CsNO. The molecule has 0 aromatic rings. The van der Waals surface area contributed by atoms with E-state index in [2.05, 4.69) is 0 Å². The van der Waals surface area contributed by atoms with Crippen LogP contribution in [-0.2, 0) is 0 Å². The summed E-state index contributed by atoms with van der Waals surface area (Å²) in [6, 6.07) is 0. The van der Waals surface area contributed by atoms with Crippen molar-refractivity contribution in [2.24, 2.45) is 0 Å². The molecule has 0 rings (SSSR count). The molecule has 0 aliphatic carbocycles. The molecule has 0 aliphatic rings. The van der Waals surface area contributed by atoms with Crippen LogP contribution < -0.4 is 0 Å². The quantitative estimate of drug-likeness (QED) is 0.491. The molecule has 0 unspecified atom stereocenters. The Balaban J connectivity index is 0. The number of hydrogen-bond acceptors (Lipinski definition) is 2. The van der Waals surface area contributed by atoms with Crippen LogP contribution in [0.5, 0.6) is 0 Å². The van der Waals surface area contributed by atoms with Crippen LogP contribution in [0, 0.1) is 11.5 Å². The van der Waals surface area contributed by atoms with Crippen LogP contribution in [-0.4, -0.2) is 74.0 Å². The first-order valence-electron chi connectivity index (χ1n) is 0.447. The number of nitriles is 1. The second-order valence-electron chi connectivity index (χ2n) is 0.100. The molecular weight excluding hydrogens is 175 g/mol. The molecule has 0 bridgehead atoms. The van der Waals surface area contributed by atoms with Crippen molar-refractivity contribution in [1.29, 1.82) is 5.26 Å². The Morgan fingerprint density at radius 1 is 1.75 bits per heavy atom. The number of aliphatic hydroxyl groups is 1. The van der Waals surface area contributed by atoms with Crippen molar-refractivity contribution in [2.45, 2.75) is 0 Å². The maximum absolute atomic E-state index is 6.88. The van der Waals surface area contributed by atoms with E-state index in [1.165, 1.54) is 0 Å². The van der Waals surface area contributed by atoms with Crippen LogP contribution in [0.15, 0.2) is 0 Å². The van der Waals surface area contributed by atoms with Crippen LogP contribution in [0.1, 0.15) is 0 Å². The fraction of sp³-hybridized carbons (Fsp3) is 0. The Hall–Kier alpha value is 1.34. The first-order valence-corrected chi connectivity index (χ1v) is 0.447. The van der Waals surface area contributed by atoms with E-state index in [1.54, 1.807) is 0 Å². The van der Waals surface area contributed by atoms with E-state index in [-0.39, 0.29) is 68.9 Å². The van der Waals surface area contributed by atoms with Crippen LogP contribution in [0.4, 0.5) is 0 Å². The number of hydrogen-bond donors (Lipinski definition) is 1. The number of rotatable bonds is 0. The Labute approximate surface area is 83.2 Å². The van der Waals surface area contributed by atoms with Gasteiger partial charge < -0.3 is 5.11 Å². The van der Waals surface area contributed by atoms with E-state index < -0.39 is 0 Å². The summed E-state index contributed by atoms with van der Waals surface area (Å²) in [5, 5.41) is 13.8. The van der Waals surface area contributed by atoms with Crippen molar-refractivity contribution in [1.82, 2.24) is 0 Å². The van der Waals surface area contributed by atoms with Crippen LogP contribution in [0.2, 0.25) is 0 Å². The van der Waals surface area contributed by atoms with Gasteiger partial charge in [0, 0.05) is 0 Å². The van der Waals surface area contributed by atoms with Crippen molar-refractivity contribution in [3.63, 3.8) is 0 Å². The fourth-order valence-corrected chi connectivity index (χ4v) is 0. The summed E-state index contributed by atoms with van der Waals surface area (Å²) in [4.78, 5) is 0. The Kier molecular flexibility index (Phi) is 19.9. The van der Waals surface area contributed by atoms with Crippen molar-refractivity contribution < 1.29 is 5.11 Å². The van der Waals surface area contributed by atoms with Crippen LogP contribution >= 0.6 is 0 Å². The minimum absolute atomic E-state index is 0. The summed E-state index contributed by atoms with van der Waals surface area (Å²) >= 11 is 0. The third kappa shape index (κ3) is 10.2. The summed E-state index contributed by atoms with van der Waals surface area (Å²) in [6.45, 7) is 0. The summed E-state index contributed by atoms with van der Waals surface area (Å²) in [6.07, 6.45) is 0.750. The Morgan fingerprint density at radius 2 is 1.75 bits per heavy atom. The molecule has 0 aliphatic heterocycles. The minimum atomic E-state index is 0. The molecule has 0 spiro atoms. The molecule has 0 atom stereocenters. The maximum atomic E-state index is 6.88. The molecule has 0 saturated heterocycles. The van der Waals surface area contributed by atoms with E-state index in [9.17, 15) is 0 Å². The first kappa shape index (κ1) is 9.02. The molecule has 2 nitrogen and oxygen atoms in total. The van der Waals surface area contributed by atoms with Gasteiger partial charge in [-0.3, -0.25) is 0 Å². The number of aliphatic hydroxyl groups excluding tert-OH is 1. The second-order valence-corrected chi connectivity index (χ2v) is 0.100. The monoisotopic (exact) mass is 177 g/mol. The van der Waals surface area contributed by atoms with Gasteiger partial charge in [-0.1, -0.05) is 0 Å². The van der Waals surface area contributed by atoms with E-state index in [1.807, 2.05) is 0 Å². The Morgan fingerprint density at radius 3 is 1.75 bits per heavy atom. The molecule has 0 fully saturated rings. The average Bonchev–Trinajstić information content (AvgIpc) is 0.918. The van der Waals surface area contributed by atoms with Crippen LogP contribution in [0.25, 0.3) is 0 Å². The molecule has 0 heterocycles. The first-order chi connectivity index (χ1) is 1.41. The standard InChI is InChI=1S/CHNO.Cs.H/c2-1-3;;/h3H;;. The van der Waals surface area contributed by atoms with Gasteiger partial charge in [0.1, 0.15) is 0 Å². The molecule has 0 radical (unpaired) electrons. The normalized spacial score (nSPS) is 1.75. The van der Waals surface area contributed by atoms with E-state index >= 15 is 0 Å². The van der Waals surface area contributed by atoms with Gasteiger partial charge in [0.15, 0.2) is 0 Å². The topological polar surface area (TPSA) is 44.0 Å². The SMILES string of the molecule is N#CO.[CsH]. The summed E-state index contributed by atoms with van der Waals surface area (Å²) in [5.74, 6) is 0. The van der Waals surface area contributed by atoms with Gasteiger partial charge in [-0.15, -0.1) is 0 Å². The van der Waals surface area contributed by atoms with Gasteiger partial charge >= 0.3 is 68.9 Å². The third-order valence-corrected chi connectivity index (χ3v) is 0. The second kappa shape index (κ2) is 8.84. The molecule has 4 heavy (non-hydrogen) atoms. The van der Waals surface area contributed by atoms with Crippen LogP contribution in [0.3, 0.4) is 0 Å². The zero-order valence-corrected chi connectivity index (χ0v) is 1.39. The van der Waals surface area contributed by atoms with E-state index in [0.29, 0.717) is 0 Å². The fourth-order valence-electron chi connectivity index (χ4n) is 0.